The topological polar surface area (TPSA) is 87.6 Å². The van der Waals surface area contributed by atoms with E-state index in [2.05, 4.69) is 9.88 Å². The number of carbonyl (C=O) groups excluding carboxylic acids is 1. The molecule has 0 aliphatic carbocycles. The maximum Gasteiger partial charge on any atom is 0.328 e. The van der Waals surface area contributed by atoms with Crippen LogP contribution < -0.4 is 20.9 Å². The van der Waals surface area contributed by atoms with Crippen LogP contribution in [0, 0.1) is 0 Å². The van der Waals surface area contributed by atoms with Gasteiger partial charge in [-0.15, -0.1) is 0 Å². The van der Waals surface area contributed by atoms with E-state index in [0.29, 0.717) is 25.2 Å². The molecule has 1 fully saturated rings. The minimum atomic E-state index is -0.491. The molecule has 0 saturated carbocycles. The van der Waals surface area contributed by atoms with Gasteiger partial charge < -0.3 is 19.5 Å². The lowest BCUT2D eigenvalue weighted by atomic mass is 10.1. The van der Waals surface area contributed by atoms with Crippen molar-refractivity contribution in [2.24, 2.45) is 7.05 Å². The van der Waals surface area contributed by atoms with Crippen LogP contribution in [0.3, 0.4) is 0 Å². The van der Waals surface area contributed by atoms with Gasteiger partial charge in [-0.2, -0.15) is 0 Å². The molecule has 1 atom stereocenters. The third kappa shape index (κ3) is 3.74. The van der Waals surface area contributed by atoms with Crippen LogP contribution in [0.4, 0.5) is 5.69 Å². The standard InChI is InChI=1S/C19H24N4O4/c1-13-12-22(15-6-4-5-7-16(15)27-3)8-9-23(13)17(24)10-14-11-20-19(26)21(2)18(14)25/h4-7,11,13H,8-10,12H2,1-3H3,(H,20,26)/t13-/m1/s1. The summed E-state index contributed by atoms with van der Waals surface area (Å²) in [4.78, 5) is 42.8. The molecule has 0 bridgehead atoms. The van der Waals surface area contributed by atoms with Crippen molar-refractivity contribution >= 4 is 11.6 Å². The molecule has 2 heterocycles. The number of rotatable bonds is 4. The predicted octanol–water partition coefficient (Wildman–Crippen LogP) is 0.362. The lowest BCUT2D eigenvalue weighted by Gasteiger charge is -2.41. The molecule has 1 amide bonds. The molecule has 1 aliphatic heterocycles. The van der Waals surface area contributed by atoms with Crippen LogP contribution in [0.1, 0.15) is 12.5 Å². The molecule has 1 saturated heterocycles. The zero-order valence-corrected chi connectivity index (χ0v) is 15.8. The van der Waals surface area contributed by atoms with Crippen LogP contribution >= 0.6 is 0 Å². The van der Waals surface area contributed by atoms with Gasteiger partial charge in [0.2, 0.25) is 5.91 Å². The van der Waals surface area contributed by atoms with Gasteiger partial charge in [0.15, 0.2) is 0 Å². The van der Waals surface area contributed by atoms with E-state index < -0.39 is 11.2 Å². The second kappa shape index (κ2) is 7.69. The number of anilines is 1. The number of nitrogens with one attached hydrogen (secondary N) is 1. The number of hydrogen-bond acceptors (Lipinski definition) is 5. The highest BCUT2D eigenvalue weighted by molar-refractivity contribution is 5.79. The van der Waals surface area contributed by atoms with Crippen LogP contribution in [-0.4, -0.2) is 53.1 Å². The molecule has 1 aromatic heterocycles. The monoisotopic (exact) mass is 372 g/mol. The number of piperazine rings is 1. The van der Waals surface area contributed by atoms with E-state index in [0.717, 1.165) is 16.0 Å². The molecule has 3 rings (SSSR count). The Balaban J connectivity index is 1.71. The van der Waals surface area contributed by atoms with Gasteiger partial charge in [-0.25, -0.2) is 4.79 Å². The molecule has 144 valence electrons. The average Bonchev–Trinajstić information content (AvgIpc) is 2.68. The highest BCUT2D eigenvalue weighted by Gasteiger charge is 2.29. The number of nitrogens with zero attached hydrogens (tertiary/aromatic N) is 3. The molecular formula is C19H24N4O4. The summed E-state index contributed by atoms with van der Waals surface area (Å²) in [6.07, 6.45) is 1.31. The van der Waals surface area contributed by atoms with Crippen molar-refractivity contribution in [2.45, 2.75) is 19.4 Å². The van der Waals surface area contributed by atoms with Gasteiger partial charge in [0, 0.05) is 44.5 Å². The summed E-state index contributed by atoms with van der Waals surface area (Å²) >= 11 is 0. The van der Waals surface area contributed by atoms with Crippen LogP contribution in [0.5, 0.6) is 5.75 Å². The van der Waals surface area contributed by atoms with E-state index in [1.54, 1.807) is 12.0 Å². The Kier molecular flexibility index (Phi) is 5.34. The Morgan fingerprint density at radius 3 is 2.70 bits per heavy atom. The Hall–Kier alpha value is -3.03. The highest BCUT2D eigenvalue weighted by Crippen LogP contribution is 2.29. The maximum absolute atomic E-state index is 12.7. The number of aromatic amines is 1. The summed E-state index contributed by atoms with van der Waals surface area (Å²) in [5.74, 6) is 0.688. The molecule has 27 heavy (non-hydrogen) atoms. The molecule has 0 spiro atoms. The van der Waals surface area contributed by atoms with Crippen molar-refractivity contribution in [2.75, 3.05) is 31.6 Å². The first-order chi connectivity index (χ1) is 12.9. The molecule has 1 N–H and O–H groups in total. The van der Waals surface area contributed by atoms with E-state index >= 15 is 0 Å². The first kappa shape index (κ1) is 18.8. The Morgan fingerprint density at radius 2 is 2.00 bits per heavy atom. The number of hydrogen-bond donors (Lipinski definition) is 1. The minimum Gasteiger partial charge on any atom is -0.495 e. The smallest absolute Gasteiger partial charge is 0.328 e. The van der Waals surface area contributed by atoms with Gasteiger partial charge in [-0.05, 0) is 19.1 Å². The molecule has 8 nitrogen and oxygen atoms in total. The fraction of sp³-hybridized carbons (Fsp3) is 0.421. The fourth-order valence-electron chi connectivity index (χ4n) is 3.44. The van der Waals surface area contributed by atoms with E-state index in [1.807, 2.05) is 31.2 Å². The number of H-pyrrole nitrogens is 1. The zero-order chi connectivity index (χ0) is 19.6. The van der Waals surface area contributed by atoms with Gasteiger partial charge in [0.1, 0.15) is 5.75 Å². The third-order valence-corrected chi connectivity index (χ3v) is 4.97. The molecule has 0 radical (unpaired) electrons. The van der Waals surface area contributed by atoms with Crippen molar-refractivity contribution < 1.29 is 9.53 Å². The van der Waals surface area contributed by atoms with Crippen molar-refractivity contribution in [1.82, 2.24) is 14.5 Å². The second-order valence-electron chi connectivity index (χ2n) is 6.71. The molecule has 2 aromatic rings. The summed E-state index contributed by atoms with van der Waals surface area (Å²) in [6, 6.07) is 7.81. The van der Waals surface area contributed by atoms with Gasteiger partial charge in [-0.1, -0.05) is 12.1 Å². The quantitative estimate of drug-likeness (QED) is 0.837. The van der Waals surface area contributed by atoms with E-state index in [4.69, 9.17) is 4.74 Å². The maximum atomic E-state index is 12.7. The Labute approximate surface area is 157 Å². The van der Waals surface area contributed by atoms with Crippen molar-refractivity contribution in [3.8, 4) is 5.75 Å². The number of aromatic nitrogens is 2. The van der Waals surface area contributed by atoms with Crippen LogP contribution in [-0.2, 0) is 18.3 Å². The minimum absolute atomic E-state index is 0.0113. The lowest BCUT2D eigenvalue weighted by Crippen LogP contribution is -2.54. The highest BCUT2D eigenvalue weighted by atomic mass is 16.5. The number of benzene rings is 1. The summed E-state index contributed by atoms with van der Waals surface area (Å²) in [6.45, 7) is 3.90. The largest absolute Gasteiger partial charge is 0.495 e. The van der Waals surface area contributed by atoms with E-state index in [1.165, 1.54) is 13.2 Å². The van der Waals surface area contributed by atoms with E-state index in [-0.39, 0.29) is 18.4 Å². The van der Waals surface area contributed by atoms with Crippen molar-refractivity contribution in [3.05, 3.63) is 56.9 Å². The lowest BCUT2D eigenvalue weighted by molar-refractivity contribution is -0.132. The summed E-state index contributed by atoms with van der Waals surface area (Å²) in [5.41, 5.74) is 0.373. The first-order valence-electron chi connectivity index (χ1n) is 8.87. The summed E-state index contributed by atoms with van der Waals surface area (Å²) < 4.78 is 6.41. The van der Waals surface area contributed by atoms with E-state index in [9.17, 15) is 14.4 Å². The molecular weight excluding hydrogens is 348 g/mol. The summed E-state index contributed by atoms with van der Waals surface area (Å²) in [7, 11) is 3.04. The van der Waals surface area contributed by atoms with Crippen LogP contribution in [0.25, 0.3) is 0 Å². The zero-order valence-electron chi connectivity index (χ0n) is 15.8. The SMILES string of the molecule is COc1ccccc1N1CCN(C(=O)Cc2c[nH]c(=O)n(C)c2=O)[C@H](C)C1. The molecule has 8 heteroatoms. The Bertz CT molecular complexity index is 949. The second-order valence-corrected chi connectivity index (χ2v) is 6.71. The number of methoxy groups -OCH3 is 1. The third-order valence-electron chi connectivity index (χ3n) is 4.97. The van der Waals surface area contributed by atoms with Crippen LogP contribution in [0.15, 0.2) is 40.1 Å². The predicted molar refractivity (Wildman–Crippen MR) is 102 cm³/mol. The number of ether oxygens (including phenoxy) is 1. The van der Waals surface area contributed by atoms with Crippen molar-refractivity contribution in [3.63, 3.8) is 0 Å². The fourth-order valence-corrected chi connectivity index (χ4v) is 3.44. The van der Waals surface area contributed by atoms with Gasteiger partial charge in [0.05, 0.1) is 19.2 Å². The Morgan fingerprint density at radius 1 is 1.26 bits per heavy atom. The molecule has 1 aliphatic rings. The normalized spacial score (nSPS) is 17.1. The summed E-state index contributed by atoms with van der Waals surface area (Å²) in [5, 5.41) is 0. The number of para-hydroxylation sites is 2. The van der Waals surface area contributed by atoms with Gasteiger partial charge >= 0.3 is 5.69 Å². The van der Waals surface area contributed by atoms with Gasteiger partial charge in [-0.3, -0.25) is 14.2 Å². The van der Waals surface area contributed by atoms with Gasteiger partial charge in [0.25, 0.3) is 5.56 Å². The number of amides is 1. The number of carbonyl (C=O) groups is 1. The molecule has 1 aromatic carbocycles. The average molecular weight is 372 g/mol. The van der Waals surface area contributed by atoms with Crippen molar-refractivity contribution in [1.29, 1.82) is 0 Å². The first-order valence-corrected chi connectivity index (χ1v) is 8.87. The molecule has 0 unspecified atom stereocenters. The van der Waals surface area contributed by atoms with Crippen LogP contribution in [0.2, 0.25) is 0 Å².